The molecule has 4 N–H and O–H groups in total. The quantitative estimate of drug-likeness (QED) is 0.377. The van der Waals surface area contributed by atoms with Crippen LogP contribution in [0.1, 0.15) is 36.2 Å². The molecule has 0 aromatic heterocycles. The number of anilines is 2. The van der Waals surface area contributed by atoms with Crippen molar-refractivity contribution in [3.8, 4) is 0 Å². The van der Waals surface area contributed by atoms with Crippen molar-refractivity contribution in [3.05, 3.63) is 58.4 Å². The fourth-order valence-electron chi connectivity index (χ4n) is 4.18. The van der Waals surface area contributed by atoms with Gasteiger partial charge in [0.05, 0.1) is 17.8 Å². The summed E-state index contributed by atoms with van der Waals surface area (Å²) in [5.74, 6) is -1.92. The van der Waals surface area contributed by atoms with Crippen LogP contribution in [0.25, 0.3) is 0 Å². The number of nitrogens with two attached hydrogens (primary N) is 1. The molecule has 0 spiro atoms. The van der Waals surface area contributed by atoms with E-state index >= 15 is 0 Å². The molecule has 1 fully saturated rings. The standard InChI is InChI=1S/C26H32ClF4N5O2/c1-16(24(32)37)17(2)33-15-18-13-20(28)4-5-21(18)25(38)34-22-6-3-19(27)14-23(22)36-11-9-35(10-12-36)8-7-26(29,30)31/h3-6,13-14,16-17,33H,7-12,15H2,1-2H3,(H2,32,37)(H,34,38). The van der Waals surface area contributed by atoms with Crippen molar-refractivity contribution in [1.29, 1.82) is 0 Å². The highest BCUT2D eigenvalue weighted by molar-refractivity contribution is 6.31. The Kier molecular flexibility index (Phi) is 9.97. The molecule has 1 aliphatic rings. The number of hydrogen-bond acceptors (Lipinski definition) is 5. The van der Waals surface area contributed by atoms with Crippen LogP contribution in [0.4, 0.5) is 28.9 Å². The molecule has 1 heterocycles. The topological polar surface area (TPSA) is 90.7 Å². The van der Waals surface area contributed by atoms with Gasteiger partial charge in [0.2, 0.25) is 5.91 Å². The first-order valence-corrected chi connectivity index (χ1v) is 12.7. The molecule has 7 nitrogen and oxygen atoms in total. The predicted molar refractivity (Wildman–Crippen MR) is 140 cm³/mol. The van der Waals surface area contributed by atoms with Gasteiger partial charge in [-0.25, -0.2) is 4.39 Å². The van der Waals surface area contributed by atoms with Crippen LogP contribution in [-0.2, 0) is 11.3 Å². The number of alkyl halides is 3. The van der Waals surface area contributed by atoms with Gasteiger partial charge in [0.15, 0.2) is 0 Å². The minimum absolute atomic E-state index is 0.0608. The molecular weight excluding hydrogens is 526 g/mol. The number of piperazine rings is 1. The third-order valence-electron chi connectivity index (χ3n) is 6.76. The predicted octanol–water partition coefficient (Wildman–Crippen LogP) is 4.41. The van der Waals surface area contributed by atoms with Crippen molar-refractivity contribution in [2.24, 2.45) is 11.7 Å². The molecule has 2 unspecified atom stereocenters. The first-order chi connectivity index (χ1) is 17.8. The lowest BCUT2D eigenvalue weighted by molar-refractivity contribution is -0.138. The maximum atomic E-state index is 14.0. The van der Waals surface area contributed by atoms with Gasteiger partial charge >= 0.3 is 6.18 Å². The average Bonchev–Trinajstić information content (AvgIpc) is 2.86. The molecule has 2 amide bonds. The van der Waals surface area contributed by atoms with Crippen LogP contribution >= 0.6 is 11.6 Å². The molecule has 0 aliphatic carbocycles. The maximum absolute atomic E-state index is 14.0. The molecule has 2 aromatic carbocycles. The van der Waals surface area contributed by atoms with Gasteiger partial charge in [0.1, 0.15) is 5.82 Å². The molecule has 2 atom stereocenters. The highest BCUT2D eigenvalue weighted by Crippen LogP contribution is 2.31. The summed E-state index contributed by atoms with van der Waals surface area (Å²) in [5.41, 5.74) is 7.12. The van der Waals surface area contributed by atoms with E-state index in [1.165, 1.54) is 18.2 Å². The molecule has 3 rings (SSSR count). The lowest BCUT2D eigenvalue weighted by atomic mass is 10.0. The van der Waals surface area contributed by atoms with Crippen molar-refractivity contribution in [2.45, 2.75) is 39.0 Å². The molecular formula is C26H32ClF4N5O2. The molecule has 38 heavy (non-hydrogen) atoms. The minimum Gasteiger partial charge on any atom is -0.369 e. The van der Waals surface area contributed by atoms with Gasteiger partial charge in [0.25, 0.3) is 5.91 Å². The van der Waals surface area contributed by atoms with Crippen LogP contribution in [0, 0.1) is 11.7 Å². The average molecular weight is 558 g/mol. The number of benzene rings is 2. The van der Waals surface area contributed by atoms with Crippen LogP contribution in [-0.4, -0.2) is 61.7 Å². The zero-order valence-corrected chi connectivity index (χ0v) is 22.0. The third kappa shape index (κ3) is 8.31. The van der Waals surface area contributed by atoms with Crippen LogP contribution in [0.5, 0.6) is 0 Å². The number of nitrogens with one attached hydrogen (secondary N) is 2. The number of nitrogens with zero attached hydrogens (tertiary/aromatic N) is 2. The van der Waals surface area contributed by atoms with Crippen molar-refractivity contribution in [2.75, 3.05) is 42.9 Å². The molecule has 208 valence electrons. The number of primary amides is 1. The van der Waals surface area contributed by atoms with Gasteiger partial charge in [-0.2, -0.15) is 13.2 Å². The summed E-state index contributed by atoms with van der Waals surface area (Å²) in [6, 6.07) is 8.51. The Morgan fingerprint density at radius 3 is 2.39 bits per heavy atom. The summed E-state index contributed by atoms with van der Waals surface area (Å²) in [4.78, 5) is 28.5. The van der Waals surface area contributed by atoms with Crippen LogP contribution in [0.15, 0.2) is 36.4 Å². The zero-order valence-electron chi connectivity index (χ0n) is 21.2. The van der Waals surface area contributed by atoms with E-state index in [1.54, 1.807) is 36.9 Å². The SMILES string of the molecule is CC(NCc1cc(F)ccc1C(=O)Nc1ccc(Cl)cc1N1CCN(CCC(F)(F)F)CC1)C(C)C(N)=O. The summed E-state index contributed by atoms with van der Waals surface area (Å²) < 4.78 is 51.8. The van der Waals surface area contributed by atoms with Gasteiger partial charge in [-0.1, -0.05) is 18.5 Å². The molecule has 2 aromatic rings. The summed E-state index contributed by atoms with van der Waals surface area (Å²) >= 11 is 6.22. The monoisotopic (exact) mass is 557 g/mol. The zero-order chi connectivity index (χ0) is 28.0. The number of rotatable bonds is 10. The second kappa shape index (κ2) is 12.8. The Morgan fingerprint density at radius 1 is 1.08 bits per heavy atom. The lowest BCUT2D eigenvalue weighted by Crippen LogP contribution is -2.47. The first-order valence-electron chi connectivity index (χ1n) is 12.3. The number of carbonyl (C=O) groups is 2. The first kappa shape index (κ1) is 29.7. The molecule has 12 heteroatoms. The van der Waals surface area contributed by atoms with E-state index in [2.05, 4.69) is 10.6 Å². The number of amides is 2. The third-order valence-corrected chi connectivity index (χ3v) is 6.99. The van der Waals surface area contributed by atoms with Crippen molar-refractivity contribution in [3.63, 3.8) is 0 Å². The summed E-state index contributed by atoms with van der Waals surface area (Å²) in [7, 11) is 0. The normalized spacial score (nSPS) is 16.2. The Hall–Kier alpha value is -2.89. The summed E-state index contributed by atoms with van der Waals surface area (Å²) in [5, 5.41) is 6.43. The fraction of sp³-hybridized carbons (Fsp3) is 0.462. The van der Waals surface area contributed by atoms with E-state index in [1.807, 2.05) is 4.90 Å². The Morgan fingerprint density at radius 2 is 1.76 bits per heavy atom. The van der Waals surface area contributed by atoms with E-state index in [9.17, 15) is 27.2 Å². The van der Waals surface area contributed by atoms with E-state index in [0.29, 0.717) is 48.1 Å². The van der Waals surface area contributed by atoms with Gasteiger partial charge in [-0.05, 0) is 48.9 Å². The molecule has 1 aliphatic heterocycles. The molecule has 1 saturated heterocycles. The summed E-state index contributed by atoms with van der Waals surface area (Å²) in [6.07, 6.45) is -5.06. The maximum Gasteiger partial charge on any atom is 0.390 e. The van der Waals surface area contributed by atoms with Gasteiger partial charge in [-0.3, -0.25) is 14.5 Å². The molecule has 0 radical (unpaired) electrons. The van der Waals surface area contributed by atoms with Crippen LogP contribution in [0.2, 0.25) is 5.02 Å². The van der Waals surface area contributed by atoms with E-state index in [4.69, 9.17) is 17.3 Å². The minimum atomic E-state index is -4.20. The summed E-state index contributed by atoms with van der Waals surface area (Å²) in [6.45, 7) is 5.32. The highest BCUT2D eigenvalue weighted by atomic mass is 35.5. The molecule has 0 bridgehead atoms. The van der Waals surface area contributed by atoms with E-state index in [-0.39, 0.29) is 24.7 Å². The van der Waals surface area contributed by atoms with E-state index in [0.717, 1.165) is 0 Å². The van der Waals surface area contributed by atoms with E-state index < -0.39 is 36.1 Å². The van der Waals surface area contributed by atoms with Crippen molar-refractivity contribution in [1.82, 2.24) is 10.2 Å². The van der Waals surface area contributed by atoms with Crippen molar-refractivity contribution >= 4 is 34.8 Å². The lowest BCUT2D eigenvalue weighted by Gasteiger charge is -2.37. The van der Waals surface area contributed by atoms with Crippen LogP contribution < -0.4 is 21.3 Å². The molecule has 0 saturated carbocycles. The largest absolute Gasteiger partial charge is 0.390 e. The number of hydrogen-bond donors (Lipinski definition) is 3. The Balaban J connectivity index is 1.73. The van der Waals surface area contributed by atoms with Crippen molar-refractivity contribution < 1.29 is 27.2 Å². The smallest absolute Gasteiger partial charge is 0.369 e. The number of halogens is 5. The fourth-order valence-corrected chi connectivity index (χ4v) is 4.35. The Labute approximate surface area is 224 Å². The second-order valence-electron chi connectivity index (χ2n) is 9.47. The van der Waals surface area contributed by atoms with Crippen LogP contribution in [0.3, 0.4) is 0 Å². The second-order valence-corrected chi connectivity index (χ2v) is 9.91. The highest BCUT2D eigenvalue weighted by Gasteiger charge is 2.29. The van der Waals surface area contributed by atoms with Gasteiger partial charge in [0, 0.05) is 61.8 Å². The van der Waals surface area contributed by atoms with Gasteiger partial charge in [-0.15, -0.1) is 0 Å². The Bertz CT molecular complexity index is 1140. The number of carbonyl (C=O) groups excluding carboxylic acids is 2. The van der Waals surface area contributed by atoms with Gasteiger partial charge < -0.3 is 21.3 Å².